The van der Waals surface area contributed by atoms with Gasteiger partial charge in [-0.1, -0.05) is 85.5 Å². The molecule has 2 aromatic carbocycles. The van der Waals surface area contributed by atoms with E-state index in [1.807, 2.05) is 29.2 Å². The van der Waals surface area contributed by atoms with Gasteiger partial charge in [0.05, 0.1) is 4.91 Å². The average Bonchev–Trinajstić information content (AvgIpc) is 3.08. The number of piperidine rings is 1. The summed E-state index contributed by atoms with van der Waals surface area (Å²) in [5, 5.41) is 0. The topological polar surface area (TPSA) is 40.6 Å². The Morgan fingerprint density at radius 3 is 2.41 bits per heavy atom. The van der Waals surface area contributed by atoms with E-state index in [0.717, 1.165) is 44.3 Å². The fraction of sp³-hybridized carbons (Fsp3) is 0.346. The van der Waals surface area contributed by atoms with Crippen LogP contribution in [0.3, 0.4) is 0 Å². The molecule has 0 unspecified atom stereocenters. The van der Waals surface area contributed by atoms with Gasteiger partial charge in [0, 0.05) is 13.1 Å². The van der Waals surface area contributed by atoms with Crippen molar-refractivity contribution < 1.29 is 9.59 Å². The summed E-state index contributed by atoms with van der Waals surface area (Å²) < 4.78 is 0.457. The van der Waals surface area contributed by atoms with E-state index >= 15 is 0 Å². The number of thioether (sulfide) groups is 1. The Labute approximate surface area is 199 Å². The van der Waals surface area contributed by atoms with Crippen LogP contribution in [0.4, 0.5) is 0 Å². The number of aryl methyl sites for hydroxylation is 1. The summed E-state index contributed by atoms with van der Waals surface area (Å²) in [6.07, 6.45) is 5.88. The number of rotatable bonds is 6. The summed E-state index contributed by atoms with van der Waals surface area (Å²) in [6, 6.07) is 18.7. The number of carbonyl (C=O) groups is 2. The molecule has 32 heavy (non-hydrogen) atoms. The first-order chi connectivity index (χ1) is 15.5. The van der Waals surface area contributed by atoms with Gasteiger partial charge in [-0.05, 0) is 54.4 Å². The van der Waals surface area contributed by atoms with Gasteiger partial charge in [0.25, 0.3) is 5.91 Å². The summed E-state index contributed by atoms with van der Waals surface area (Å²) >= 11 is 6.69. The average molecular weight is 465 g/mol. The third kappa shape index (κ3) is 5.48. The van der Waals surface area contributed by atoms with E-state index in [-0.39, 0.29) is 18.4 Å². The Hall–Kier alpha value is -2.44. The Morgan fingerprint density at radius 1 is 1.06 bits per heavy atom. The molecule has 2 aliphatic rings. The molecule has 0 aliphatic carbocycles. The summed E-state index contributed by atoms with van der Waals surface area (Å²) in [6.45, 7) is 3.62. The maximum absolute atomic E-state index is 12.9. The fourth-order valence-electron chi connectivity index (χ4n) is 4.21. The number of hydrogen-bond donors (Lipinski definition) is 0. The van der Waals surface area contributed by atoms with Gasteiger partial charge in [0.1, 0.15) is 10.9 Å². The Morgan fingerprint density at radius 2 is 1.75 bits per heavy atom. The monoisotopic (exact) mass is 464 g/mol. The number of hydrogen-bond acceptors (Lipinski definition) is 4. The maximum Gasteiger partial charge on any atom is 0.266 e. The van der Waals surface area contributed by atoms with E-state index in [4.69, 9.17) is 12.2 Å². The lowest BCUT2D eigenvalue weighted by Gasteiger charge is -2.33. The Balaban J connectivity index is 1.31. The predicted octanol–water partition coefficient (Wildman–Crippen LogP) is 4.93. The maximum atomic E-state index is 12.9. The summed E-state index contributed by atoms with van der Waals surface area (Å²) in [5.41, 5.74) is 3.58. The van der Waals surface area contributed by atoms with E-state index in [0.29, 0.717) is 15.1 Å². The van der Waals surface area contributed by atoms with Crippen molar-refractivity contribution in [3.8, 4) is 0 Å². The molecule has 0 aromatic heterocycles. The Bertz CT molecular complexity index is 1010. The molecule has 0 spiro atoms. The minimum atomic E-state index is -0.174. The molecule has 2 aliphatic heterocycles. The van der Waals surface area contributed by atoms with E-state index in [2.05, 4.69) is 43.3 Å². The minimum Gasteiger partial charge on any atom is -0.341 e. The quantitative estimate of drug-likeness (QED) is 0.449. The van der Waals surface area contributed by atoms with Crippen molar-refractivity contribution in [1.82, 2.24) is 9.80 Å². The van der Waals surface area contributed by atoms with Gasteiger partial charge >= 0.3 is 0 Å². The molecule has 0 radical (unpaired) electrons. The third-order valence-corrected chi connectivity index (χ3v) is 7.56. The van der Waals surface area contributed by atoms with Crippen molar-refractivity contribution in [1.29, 1.82) is 0 Å². The number of amides is 2. The fourth-order valence-corrected chi connectivity index (χ4v) is 5.46. The first-order valence-electron chi connectivity index (χ1n) is 11.2. The normalized spacial score (nSPS) is 18.6. The van der Waals surface area contributed by atoms with Crippen LogP contribution in [0.2, 0.25) is 0 Å². The second-order valence-corrected chi connectivity index (χ2v) is 10.1. The number of likely N-dealkylation sites (tertiary alicyclic amines) is 1. The van der Waals surface area contributed by atoms with Gasteiger partial charge < -0.3 is 4.90 Å². The van der Waals surface area contributed by atoms with E-state index in [1.165, 1.54) is 27.8 Å². The second-order valence-electron chi connectivity index (χ2n) is 8.38. The first kappa shape index (κ1) is 22.7. The molecular weight excluding hydrogens is 436 g/mol. The molecular formula is C26H28N2O2S2. The van der Waals surface area contributed by atoms with Crippen LogP contribution < -0.4 is 0 Å². The zero-order chi connectivity index (χ0) is 22.5. The van der Waals surface area contributed by atoms with Gasteiger partial charge in [-0.15, -0.1) is 0 Å². The highest BCUT2D eigenvalue weighted by molar-refractivity contribution is 8.26. The molecule has 2 fully saturated rings. The molecule has 2 aromatic rings. The lowest BCUT2D eigenvalue weighted by molar-refractivity contribution is -0.136. The SMILES string of the molecule is CCc1ccc(C=C2SC(=S)N(CC(=O)N3CCC(Cc4ccccc4)CC3)C2=O)cc1. The van der Waals surface area contributed by atoms with Crippen molar-refractivity contribution in [2.24, 2.45) is 5.92 Å². The molecule has 2 amide bonds. The van der Waals surface area contributed by atoms with Crippen molar-refractivity contribution in [3.63, 3.8) is 0 Å². The highest BCUT2D eigenvalue weighted by Crippen LogP contribution is 2.33. The second kappa shape index (κ2) is 10.5. The molecule has 0 N–H and O–H groups in total. The van der Waals surface area contributed by atoms with Crippen molar-refractivity contribution in [2.75, 3.05) is 19.6 Å². The lowest BCUT2D eigenvalue weighted by Crippen LogP contribution is -2.45. The van der Waals surface area contributed by atoms with Crippen molar-refractivity contribution in [2.45, 2.75) is 32.6 Å². The van der Waals surface area contributed by atoms with Gasteiger partial charge in [-0.2, -0.15) is 0 Å². The van der Waals surface area contributed by atoms with Crippen LogP contribution in [0.15, 0.2) is 59.5 Å². The first-order valence-corrected chi connectivity index (χ1v) is 12.4. The highest BCUT2D eigenvalue weighted by atomic mass is 32.2. The molecule has 4 rings (SSSR count). The van der Waals surface area contributed by atoms with Crippen LogP contribution in [-0.2, 0) is 22.4 Å². The van der Waals surface area contributed by atoms with E-state index in [9.17, 15) is 9.59 Å². The van der Waals surface area contributed by atoms with Crippen molar-refractivity contribution >= 4 is 46.2 Å². The Kier molecular flexibility index (Phi) is 7.43. The molecule has 166 valence electrons. The zero-order valence-corrected chi connectivity index (χ0v) is 20.0. The lowest BCUT2D eigenvalue weighted by atomic mass is 9.90. The summed E-state index contributed by atoms with van der Waals surface area (Å²) in [4.78, 5) is 29.7. The van der Waals surface area contributed by atoms with Gasteiger partial charge in [-0.3, -0.25) is 14.5 Å². The summed E-state index contributed by atoms with van der Waals surface area (Å²) in [7, 11) is 0. The molecule has 2 saturated heterocycles. The molecule has 0 bridgehead atoms. The number of thiocarbonyl (C=S) groups is 1. The molecule has 2 heterocycles. The smallest absolute Gasteiger partial charge is 0.266 e. The van der Waals surface area contributed by atoms with Gasteiger partial charge in [0.15, 0.2) is 0 Å². The third-order valence-electron chi connectivity index (χ3n) is 6.19. The van der Waals surface area contributed by atoms with Crippen LogP contribution in [-0.4, -0.2) is 45.6 Å². The number of carbonyl (C=O) groups excluding carboxylic acids is 2. The predicted molar refractivity (Wildman–Crippen MR) is 135 cm³/mol. The van der Waals surface area contributed by atoms with Crippen LogP contribution in [0, 0.1) is 5.92 Å². The standard InChI is InChI=1S/C26H28N2O2S2/c1-2-19-8-10-21(11-9-19)17-23-25(30)28(26(31)32-23)18-24(29)27-14-12-22(13-15-27)16-20-6-4-3-5-7-20/h3-11,17,22H,2,12-16,18H2,1H3. The molecule has 0 atom stereocenters. The molecule has 0 saturated carbocycles. The van der Waals surface area contributed by atoms with Crippen molar-refractivity contribution in [3.05, 3.63) is 76.2 Å². The van der Waals surface area contributed by atoms with E-state index in [1.54, 1.807) is 0 Å². The summed E-state index contributed by atoms with van der Waals surface area (Å²) in [5.74, 6) is 0.403. The molecule has 4 nitrogen and oxygen atoms in total. The largest absolute Gasteiger partial charge is 0.341 e. The number of benzene rings is 2. The van der Waals surface area contributed by atoms with Crippen LogP contribution in [0.25, 0.3) is 6.08 Å². The van der Waals surface area contributed by atoms with Crippen LogP contribution in [0.1, 0.15) is 36.5 Å². The molecule has 6 heteroatoms. The van der Waals surface area contributed by atoms with Gasteiger partial charge in [-0.25, -0.2) is 0 Å². The zero-order valence-electron chi connectivity index (χ0n) is 18.3. The van der Waals surface area contributed by atoms with Crippen LogP contribution in [0.5, 0.6) is 0 Å². The highest BCUT2D eigenvalue weighted by Gasteiger charge is 2.35. The van der Waals surface area contributed by atoms with E-state index < -0.39 is 0 Å². The van der Waals surface area contributed by atoms with Gasteiger partial charge in [0.2, 0.25) is 5.91 Å². The number of nitrogens with zero attached hydrogens (tertiary/aromatic N) is 2. The van der Waals surface area contributed by atoms with Crippen LogP contribution >= 0.6 is 24.0 Å². The minimum absolute atomic E-state index is 0.0204.